The molecule has 0 aliphatic carbocycles. The molecule has 2 nitrogen and oxygen atoms in total. The first-order valence-corrected chi connectivity index (χ1v) is 4.96. The van der Waals surface area contributed by atoms with Crippen LogP contribution in [0.4, 0.5) is 10.1 Å². The Morgan fingerprint density at radius 3 is 2.56 bits per heavy atom. The largest absolute Gasteiger partial charge is 0.398 e. The highest BCUT2D eigenvalue weighted by atomic mass is 19.1. The number of para-hydroxylation sites is 1. The summed E-state index contributed by atoms with van der Waals surface area (Å²) in [5.41, 5.74) is 8.50. The summed E-state index contributed by atoms with van der Waals surface area (Å²) in [4.78, 5) is 0. The van der Waals surface area contributed by atoms with Crippen molar-refractivity contribution in [2.45, 2.75) is 6.61 Å². The molecule has 0 radical (unpaired) electrons. The highest BCUT2D eigenvalue weighted by Gasteiger charge is 2.06. The predicted octanol–water partition coefficient (Wildman–Crippen LogP) is 2.57. The highest BCUT2D eigenvalue weighted by Crippen LogP contribution is 2.28. The summed E-state index contributed by atoms with van der Waals surface area (Å²) in [6.45, 7) is -0.116. The lowest BCUT2D eigenvalue weighted by atomic mass is 10.0. The van der Waals surface area contributed by atoms with Gasteiger partial charge in [0, 0.05) is 16.8 Å². The van der Waals surface area contributed by atoms with Gasteiger partial charge in [0.25, 0.3) is 0 Å². The van der Waals surface area contributed by atoms with E-state index >= 15 is 0 Å². The van der Waals surface area contributed by atoms with Crippen LogP contribution in [-0.4, -0.2) is 5.11 Å². The number of hydrogen-bond donors (Lipinski definition) is 2. The molecule has 2 aromatic rings. The van der Waals surface area contributed by atoms with Gasteiger partial charge in [-0.15, -0.1) is 0 Å². The van der Waals surface area contributed by atoms with Crippen LogP contribution in [0.25, 0.3) is 11.1 Å². The van der Waals surface area contributed by atoms with Crippen molar-refractivity contribution in [1.29, 1.82) is 0 Å². The van der Waals surface area contributed by atoms with Gasteiger partial charge < -0.3 is 10.8 Å². The minimum absolute atomic E-state index is 0.116. The number of benzene rings is 2. The third-order valence-electron chi connectivity index (χ3n) is 2.50. The molecule has 0 saturated heterocycles. The van der Waals surface area contributed by atoms with Crippen LogP contribution in [0.1, 0.15) is 5.56 Å². The molecule has 0 spiro atoms. The Balaban J connectivity index is 2.56. The molecule has 0 fully saturated rings. The Morgan fingerprint density at radius 2 is 1.88 bits per heavy atom. The lowest BCUT2D eigenvalue weighted by molar-refractivity contribution is 0.282. The van der Waals surface area contributed by atoms with Crippen LogP contribution in [-0.2, 0) is 6.61 Å². The summed E-state index contributed by atoms with van der Waals surface area (Å²) in [6.07, 6.45) is 0. The molecule has 0 aliphatic rings. The number of halogens is 1. The first kappa shape index (κ1) is 10.6. The van der Waals surface area contributed by atoms with Gasteiger partial charge in [0.2, 0.25) is 0 Å². The smallest absolute Gasteiger partial charge is 0.123 e. The normalized spacial score (nSPS) is 10.4. The van der Waals surface area contributed by atoms with Crippen LogP contribution in [0.2, 0.25) is 0 Å². The molecule has 2 aromatic carbocycles. The maximum atomic E-state index is 13.1. The number of rotatable bonds is 2. The van der Waals surface area contributed by atoms with E-state index in [0.29, 0.717) is 16.8 Å². The molecular weight excluding hydrogens is 205 g/mol. The van der Waals surface area contributed by atoms with Gasteiger partial charge in [0.05, 0.1) is 6.61 Å². The molecule has 0 aliphatic heterocycles. The summed E-state index contributed by atoms with van der Waals surface area (Å²) in [7, 11) is 0. The fourth-order valence-corrected chi connectivity index (χ4v) is 1.66. The summed E-state index contributed by atoms with van der Waals surface area (Å²) in [6, 6.07) is 11.6. The molecule has 3 N–H and O–H groups in total. The Morgan fingerprint density at radius 1 is 1.12 bits per heavy atom. The van der Waals surface area contributed by atoms with Crippen LogP contribution in [0.5, 0.6) is 0 Å². The van der Waals surface area contributed by atoms with Crippen molar-refractivity contribution >= 4 is 5.69 Å². The molecule has 0 unspecified atom stereocenters. The van der Waals surface area contributed by atoms with Crippen molar-refractivity contribution in [3.05, 3.63) is 53.8 Å². The number of anilines is 1. The molecule has 0 bridgehead atoms. The van der Waals surface area contributed by atoms with Crippen LogP contribution < -0.4 is 5.73 Å². The lowest BCUT2D eigenvalue weighted by Crippen LogP contribution is -1.97. The SMILES string of the molecule is Nc1c(CO)cccc1-c1cccc(F)c1. The second-order valence-electron chi connectivity index (χ2n) is 3.55. The minimum atomic E-state index is -0.300. The van der Waals surface area contributed by atoms with Gasteiger partial charge in [-0.2, -0.15) is 0 Å². The zero-order chi connectivity index (χ0) is 11.5. The second-order valence-corrected chi connectivity index (χ2v) is 3.55. The van der Waals surface area contributed by atoms with Crippen molar-refractivity contribution in [1.82, 2.24) is 0 Å². The van der Waals surface area contributed by atoms with Crippen molar-refractivity contribution in [2.24, 2.45) is 0 Å². The van der Waals surface area contributed by atoms with Gasteiger partial charge in [0.15, 0.2) is 0 Å². The third kappa shape index (κ3) is 1.90. The number of hydrogen-bond acceptors (Lipinski definition) is 2. The lowest BCUT2D eigenvalue weighted by Gasteiger charge is -2.09. The molecular formula is C13H12FNO. The Bertz CT molecular complexity index is 511. The molecule has 82 valence electrons. The van der Waals surface area contributed by atoms with Crippen molar-refractivity contribution in [3.8, 4) is 11.1 Å². The monoisotopic (exact) mass is 217 g/mol. The van der Waals surface area contributed by atoms with Crippen LogP contribution in [0.3, 0.4) is 0 Å². The van der Waals surface area contributed by atoms with Crippen LogP contribution in [0, 0.1) is 5.82 Å². The number of aliphatic hydroxyl groups excluding tert-OH is 1. The molecule has 0 atom stereocenters. The average molecular weight is 217 g/mol. The van der Waals surface area contributed by atoms with E-state index in [1.807, 2.05) is 6.07 Å². The molecule has 3 heteroatoms. The van der Waals surface area contributed by atoms with Gasteiger partial charge in [-0.25, -0.2) is 4.39 Å². The van der Waals surface area contributed by atoms with E-state index < -0.39 is 0 Å². The van der Waals surface area contributed by atoms with E-state index in [-0.39, 0.29) is 12.4 Å². The average Bonchev–Trinajstić information content (AvgIpc) is 2.29. The minimum Gasteiger partial charge on any atom is -0.398 e. The van der Waals surface area contributed by atoms with E-state index in [0.717, 1.165) is 5.56 Å². The number of nitrogen functional groups attached to an aromatic ring is 1. The van der Waals surface area contributed by atoms with Crippen molar-refractivity contribution < 1.29 is 9.50 Å². The highest BCUT2D eigenvalue weighted by molar-refractivity contribution is 5.78. The third-order valence-corrected chi connectivity index (χ3v) is 2.50. The molecule has 16 heavy (non-hydrogen) atoms. The maximum absolute atomic E-state index is 13.1. The van der Waals surface area contributed by atoms with Crippen LogP contribution >= 0.6 is 0 Å². The fourth-order valence-electron chi connectivity index (χ4n) is 1.66. The summed E-state index contributed by atoms with van der Waals surface area (Å²) in [5, 5.41) is 9.09. The number of nitrogens with two attached hydrogens (primary N) is 1. The Hall–Kier alpha value is -1.87. The van der Waals surface area contributed by atoms with Crippen molar-refractivity contribution in [3.63, 3.8) is 0 Å². The molecule has 0 heterocycles. The summed E-state index contributed by atoms with van der Waals surface area (Å²) in [5.74, 6) is -0.300. The Labute approximate surface area is 93.2 Å². The molecule has 0 saturated carbocycles. The first-order valence-electron chi connectivity index (χ1n) is 4.96. The van der Waals surface area contributed by atoms with Gasteiger partial charge >= 0.3 is 0 Å². The quantitative estimate of drug-likeness (QED) is 0.759. The van der Waals surface area contributed by atoms with Gasteiger partial charge in [-0.1, -0.05) is 30.3 Å². The molecule has 0 aromatic heterocycles. The zero-order valence-electron chi connectivity index (χ0n) is 8.65. The van der Waals surface area contributed by atoms with E-state index in [1.54, 1.807) is 24.3 Å². The second kappa shape index (κ2) is 4.33. The van der Waals surface area contributed by atoms with Gasteiger partial charge in [-0.3, -0.25) is 0 Å². The van der Waals surface area contributed by atoms with E-state index in [2.05, 4.69) is 0 Å². The topological polar surface area (TPSA) is 46.2 Å². The standard InChI is InChI=1S/C13H12FNO/c14-11-5-1-3-9(7-11)12-6-2-4-10(8-16)13(12)15/h1-7,16H,8,15H2. The zero-order valence-corrected chi connectivity index (χ0v) is 8.65. The van der Waals surface area contributed by atoms with Gasteiger partial charge in [0.1, 0.15) is 5.82 Å². The fraction of sp³-hybridized carbons (Fsp3) is 0.0769. The van der Waals surface area contributed by atoms with E-state index in [9.17, 15) is 4.39 Å². The molecule has 2 rings (SSSR count). The summed E-state index contributed by atoms with van der Waals surface area (Å²) >= 11 is 0. The molecule has 0 amide bonds. The number of aliphatic hydroxyl groups is 1. The van der Waals surface area contributed by atoms with Crippen LogP contribution in [0.15, 0.2) is 42.5 Å². The predicted molar refractivity (Wildman–Crippen MR) is 62.2 cm³/mol. The van der Waals surface area contributed by atoms with Gasteiger partial charge in [-0.05, 0) is 17.7 Å². The summed E-state index contributed by atoms with van der Waals surface area (Å²) < 4.78 is 13.1. The Kier molecular flexibility index (Phi) is 2.88. The van der Waals surface area contributed by atoms with E-state index in [1.165, 1.54) is 12.1 Å². The maximum Gasteiger partial charge on any atom is 0.123 e. The van der Waals surface area contributed by atoms with E-state index in [4.69, 9.17) is 10.8 Å². The van der Waals surface area contributed by atoms with Crippen molar-refractivity contribution in [2.75, 3.05) is 5.73 Å². The first-order chi connectivity index (χ1) is 7.72.